The molecule has 0 bridgehead atoms. The van der Waals surface area contributed by atoms with Crippen molar-refractivity contribution in [1.82, 2.24) is 9.97 Å². The Bertz CT molecular complexity index is 385. The summed E-state index contributed by atoms with van der Waals surface area (Å²) < 4.78 is 5.37. The van der Waals surface area contributed by atoms with E-state index in [-0.39, 0.29) is 12.1 Å². The molecule has 0 spiro atoms. The van der Waals surface area contributed by atoms with Crippen LogP contribution in [0.5, 0.6) is 0 Å². The number of anilines is 3. The molecule has 0 amide bonds. The van der Waals surface area contributed by atoms with Crippen LogP contribution in [0.1, 0.15) is 12.8 Å². The number of methoxy groups -OCH3 is 1. The summed E-state index contributed by atoms with van der Waals surface area (Å²) in [6, 6.07) is 1.79. The van der Waals surface area contributed by atoms with Crippen LogP contribution in [0.3, 0.4) is 0 Å². The van der Waals surface area contributed by atoms with Crippen LogP contribution in [0.25, 0.3) is 0 Å². The Morgan fingerprint density at radius 3 is 3.06 bits per heavy atom. The molecule has 2 heterocycles. The van der Waals surface area contributed by atoms with Gasteiger partial charge in [0.25, 0.3) is 0 Å². The van der Waals surface area contributed by atoms with E-state index < -0.39 is 0 Å². The van der Waals surface area contributed by atoms with Gasteiger partial charge in [-0.3, -0.25) is 0 Å². The van der Waals surface area contributed by atoms with E-state index in [1.54, 1.807) is 13.2 Å². The molecule has 0 radical (unpaired) electrons. The fraction of sp³-hybridized carbons (Fsp3) is 0.600. The lowest BCUT2D eigenvalue weighted by atomic mass is 10.1. The van der Waals surface area contributed by atoms with Crippen molar-refractivity contribution in [3.63, 3.8) is 0 Å². The quantitative estimate of drug-likeness (QED) is 0.501. The Kier molecular flexibility index (Phi) is 3.60. The molecule has 7 nitrogen and oxygen atoms in total. The number of nitrogens with two attached hydrogens (primary N) is 2. The first-order chi connectivity index (χ1) is 8.22. The topological polar surface area (TPSA) is 102 Å². The van der Waals surface area contributed by atoms with E-state index in [4.69, 9.17) is 16.3 Å². The third-order valence-electron chi connectivity index (χ3n) is 2.91. The highest BCUT2D eigenvalue weighted by Gasteiger charge is 2.21. The average molecular weight is 238 g/mol. The van der Waals surface area contributed by atoms with Crippen LogP contribution in [0.15, 0.2) is 6.07 Å². The van der Waals surface area contributed by atoms with E-state index in [0.717, 1.165) is 31.7 Å². The summed E-state index contributed by atoms with van der Waals surface area (Å²) in [5.41, 5.74) is 8.12. The summed E-state index contributed by atoms with van der Waals surface area (Å²) in [7, 11) is 1.73. The molecule has 7 heteroatoms. The van der Waals surface area contributed by atoms with Crippen LogP contribution < -0.4 is 21.9 Å². The molecular weight excluding hydrogens is 220 g/mol. The maximum absolute atomic E-state index is 5.63. The summed E-state index contributed by atoms with van der Waals surface area (Å²) in [5.74, 6) is 6.85. The number of hydrazine groups is 1. The van der Waals surface area contributed by atoms with E-state index in [2.05, 4.69) is 20.3 Å². The first kappa shape index (κ1) is 11.9. The number of hydrogen-bond donors (Lipinski definition) is 3. The monoisotopic (exact) mass is 238 g/mol. The maximum atomic E-state index is 5.63. The number of ether oxygens (including phenoxy) is 1. The van der Waals surface area contributed by atoms with Gasteiger partial charge in [-0.05, 0) is 12.8 Å². The van der Waals surface area contributed by atoms with Crippen LogP contribution in [0.4, 0.5) is 17.6 Å². The maximum Gasteiger partial charge on any atom is 0.223 e. The molecule has 1 atom stereocenters. The Balaban J connectivity index is 2.18. The minimum absolute atomic E-state index is 0.218. The van der Waals surface area contributed by atoms with Gasteiger partial charge in [0.2, 0.25) is 5.95 Å². The number of rotatable bonds is 3. The minimum atomic E-state index is 0.218. The van der Waals surface area contributed by atoms with E-state index in [9.17, 15) is 0 Å². The van der Waals surface area contributed by atoms with Crippen molar-refractivity contribution in [2.45, 2.75) is 18.9 Å². The van der Waals surface area contributed by atoms with Crippen LogP contribution >= 0.6 is 0 Å². The van der Waals surface area contributed by atoms with E-state index in [0.29, 0.717) is 5.82 Å². The SMILES string of the molecule is COC1CCCN(c2cc(NN)nc(N)n2)C1. The number of nitrogens with one attached hydrogen (secondary N) is 1. The van der Waals surface area contributed by atoms with Gasteiger partial charge in [0.05, 0.1) is 6.10 Å². The molecule has 1 aliphatic heterocycles. The highest BCUT2D eigenvalue weighted by Crippen LogP contribution is 2.21. The van der Waals surface area contributed by atoms with Gasteiger partial charge in [-0.1, -0.05) is 0 Å². The molecule has 1 unspecified atom stereocenters. The predicted octanol–water partition coefficient (Wildman–Crippen LogP) is -0.0404. The Hall–Kier alpha value is -1.60. The van der Waals surface area contributed by atoms with Gasteiger partial charge in [0.1, 0.15) is 11.6 Å². The van der Waals surface area contributed by atoms with E-state index in [1.807, 2.05) is 0 Å². The highest BCUT2D eigenvalue weighted by molar-refractivity contribution is 5.52. The number of hydrogen-bond acceptors (Lipinski definition) is 7. The van der Waals surface area contributed by atoms with Crippen molar-refractivity contribution in [2.75, 3.05) is 36.3 Å². The lowest BCUT2D eigenvalue weighted by Crippen LogP contribution is -2.39. The molecule has 1 saturated heterocycles. The van der Waals surface area contributed by atoms with Crippen molar-refractivity contribution in [3.8, 4) is 0 Å². The molecule has 94 valence electrons. The molecule has 0 aromatic carbocycles. The van der Waals surface area contributed by atoms with E-state index in [1.165, 1.54) is 0 Å². The third kappa shape index (κ3) is 2.75. The van der Waals surface area contributed by atoms with Gasteiger partial charge in [-0.25, -0.2) is 5.84 Å². The zero-order chi connectivity index (χ0) is 12.3. The molecule has 2 rings (SSSR count). The minimum Gasteiger partial charge on any atom is -0.380 e. The smallest absolute Gasteiger partial charge is 0.223 e. The second-order valence-electron chi connectivity index (χ2n) is 4.06. The molecular formula is C10H18N6O. The lowest BCUT2D eigenvalue weighted by Gasteiger charge is -2.32. The van der Waals surface area contributed by atoms with Crippen LogP contribution in [-0.4, -0.2) is 36.3 Å². The normalized spacial score (nSPS) is 20.4. The second kappa shape index (κ2) is 5.15. The fourth-order valence-electron chi connectivity index (χ4n) is 2.03. The summed E-state index contributed by atoms with van der Waals surface area (Å²) >= 11 is 0. The molecule has 0 saturated carbocycles. The van der Waals surface area contributed by atoms with Gasteiger partial charge in [0, 0.05) is 26.3 Å². The second-order valence-corrected chi connectivity index (χ2v) is 4.06. The van der Waals surface area contributed by atoms with Gasteiger partial charge in [-0.2, -0.15) is 9.97 Å². The zero-order valence-electron chi connectivity index (χ0n) is 9.89. The first-order valence-electron chi connectivity index (χ1n) is 5.62. The van der Waals surface area contributed by atoms with Gasteiger partial charge >= 0.3 is 0 Å². The number of nitrogen functional groups attached to an aromatic ring is 2. The highest BCUT2D eigenvalue weighted by atomic mass is 16.5. The van der Waals surface area contributed by atoms with Crippen LogP contribution in [-0.2, 0) is 4.74 Å². The molecule has 1 aliphatic rings. The standard InChI is InChI=1S/C10H18N6O/c1-17-7-3-2-4-16(6-7)9-5-8(15-12)13-10(11)14-9/h5,7H,2-4,6,12H2,1H3,(H3,11,13,14,15). The Labute approximate surface area is 100 Å². The zero-order valence-corrected chi connectivity index (χ0v) is 9.89. The Morgan fingerprint density at radius 2 is 2.35 bits per heavy atom. The van der Waals surface area contributed by atoms with E-state index >= 15 is 0 Å². The first-order valence-corrected chi connectivity index (χ1v) is 5.62. The molecule has 5 N–H and O–H groups in total. The predicted molar refractivity (Wildman–Crippen MR) is 66.5 cm³/mol. The van der Waals surface area contributed by atoms with Crippen molar-refractivity contribution < 1.29 is 4.74 Å². The lowest BCUT2D eigenvalue weighted by molar-refractivity contribution is 0.0891. The Morgan fingerprint density at radius 1 is 1.53 bits per heavy atom. The largest absolute Gasteiger partial charge is 0.380 e. The molecule has 1 aromatic rings. The molecule has 0 aliphatic carbocycles. The molecule has 1 aromatic heterocycles. The summed E-state index contributed by atoms with van der Waals surface area (Å²) in [6.45, 7) is 1.76. The van der Waals surface area contributed by atoms with Gasteiger partial charge in [0.15, 0.2) is 0 Å². The van der Waals surface area contributed by atoms with Crippen molar-refractivity contribution in [1.29, 1.82) is 0 Å². The summed E-state index contributed by atoms with van der Waals surface area (Å²) in [4.78, 5) is 10.3. The third-order valence-corrected chi connectivity index (χ3v) is 2.91. The molecule has 17 heavy (non-hydrogen) atoms. The number of nitrogens with zero attached hydrogens (tertiary/aromatic N) is 3. The van der Waals surface area contributed by atoms with Crippen molar-refractivity contribution >= 4 is 17.6 Å². The van der Waals surface area contributed by atoms with Crippen LogP contribution in [0.2, 0.25) is 0 Å². The summed E-state index contributed by atoms with van der Waals surface area (Å²) in [5, 5.41) is 0. The van der Waals surface area contributed by atoms with Crippen molar-refractivity contribution in [2.24, 2.45) is 5.84 Å². The number of piperidine rings is 1. The van der Waals surface area contributed by atoms with Crippen molar-refractivity contribution in [3.05, 3.63) is 6.07 Å². The summed E-state index contributed by atoms with van der Waals surface area (Å²) in [6.07, 6.45) is 2.40. The average Bonchev–Trinajstić information content (AvgIpc) is 2.38. The van der Waals surface area contributed by atoms with Crippen LogP contribution in [0, 0.1) is 0 Å². The number of aromatic nitrogens is 2. The van der Waals surface area contributed by atoms with Gasteiger partial charge in [-0.15, -0.1) is 0 Å². The fourth-order valence-corrected chi connectivity index (χ4v) is 2.03. The van der Waals surface area contributed by atoms with Gasteiger partial charge < -0.3 is 20.8 Å². The molecule has 1 fully saturated rings.